The van der Waals surface area contributed by atoms with Crippen molar-refractivity contribution >= 4 is 29.4 Å². The summed E-state index contributed by atoms with van der Waals surface area (Å²) in [5, 5.41) is 5.97. The van der Waals surface area contributed by atoms with E-state index in [4.69, 9.17) is 23.7 Å². The van der Waals surface area contributed by atoms with Crippen molar-refractivity contribution < 1.29 is 47.7 Å². The van der Waals surface area contributed by atoms with E-state index in [9.17, 15) is 24.0 Å². The second-order valence-electron chi connectivity index (χ2n) is 18.0. The summed E-state index contributed by atoms with van der Waals surface area (Å²) in [4.78, 5) is 64.0. The minimum Gasteiger partial charge on any atom is -0.464 e. The van der Waals surface area contributed by atoms with Gasteiger partial charge >= 0.3 is 5.97 Å². The van der Waals surface area contributed by atoms with Gasteiger partial charge in [-0.15, -0.1) is 0 Å². The zero-order valence-corrected chi connectivity index (χ0v) is 33.4. The maximum Gasteiger partial charge on any atom is 0.328 e. The van der Waals surface area contributed by atoms with Crippen LogP contribution in [0.3, 0.4) is 0 Å². The first kappa shape index (κ1) is 41.5. The number of unbranched alkanes of at least 4 members (excludes halogenated alkanes) is 1. The average molecular weight is 745 g/mol. The van der Waals surface area contributed by atoms with Crippen molar-refractivity contribution in [1.82, 2.24) is 10.6 Å². The number of methoxy groups -OCH3 is 1. The Labute approximate surface area is 315 Å². The average Bonchev–Trinajstić information content (AvgIpc) is 4.04. The molecule has 6 fully saturated rings. The predicted octanol–water partition coefficient (Wildman–Crippen LogP) is 4.94. The first-order chi connectivity index (χ1) is 24.9. The van der Waals surface area contributed by atoms with E-state index < -0.39 is 28.7 Å². The third-order valence-electron chi connectivity index (χ3n) is 13.0. The van der Waals surface area contributed by atoms with Crippen LogP contribution in [0.5, 0.6) is 0 Å². The largest absolute Gasteiger partial charge is 0.464 e. The lowest BCUT2D eigenvalue weighted by Gasteiger charge is -2.52. The van der Waals surface area contributed by atoms with Crippen molar-refractivity contribution in [3.63, 3.8) is 0 Å². The topological polar surface area (TPSA) is 162 Å². The molecule has 12 heteroatoms. The van der Waals surface area contributed by atoms with Gasteiger partial charge in [-0.3, -0.25) is 19.2 Å². The molecular weight excluding hydrogens is 680 g/mol. The number of ketones is 2. The maximum absolute atomic E-state index is 14.1. The molecule has 2 amide bonds. The number of carbonyl (C=O) groups excluding carboxylic acids is 5. The maximum atomic E-state index is 14.1. The van der Waals surface area contributed by atoms with Gasteiger partial charge in [-0.05, 0) is 98.3 Å². The first-order valence-corrected chi connectivity index (χ1v) is 19.8. The molecule has 2 bridgehead atoms. The van der Waals surface area contributed by atoms with Gasteiger partial charge in [-0.2, -0.15) is 0 Å². The van der Waals surface area contributed by atoms with E-state index in [0.29, 0.717) is 45.1 Å². The number of ether oxygens (including phenoxy) is 5. The van der Waals surface area contributed by atoms with E-state index in [0.717, 1.165) is 38.5 Å². The van der Waals surface area contributed by atoms with Gasteiger partial charge in [0.25, 0.3) is 0 Å². The lowest BCUT2D eigenvalue weighted by molar-refractivity contribution is -0.152. The fourth-order valence-corrected chi connectivity index (χ4v) is 9.15. The van der Waals surface area contributed by atoms with Crippen molar-refractivity contribution in [2.24, 2.45) is 22.2 Å². The second-order valence-corrected chi connectivity index (χ2v) is 18.0. The van der Waals surface area contributed by atoms with Crippen molar-refractivity contribution in [3.05, 3.63) is 11.6 Å². The number of epoxide rings is 2. The molecule has 53 heavy (non-hydrogen) atoms. The fourth-order valence-electron chi connectivity index (χ4n) is 9.15. The molecule has 0 unspecified atom stereocenters. The number of allylic oxidation sites excluding steroid dienone is 1. The molecular formula is C41H64N2O10. The third-order valence-corrected chi connectivity index (χ3v) is 13.0. The van der Waals surface area contributed by atoms with Crippen LogP contribution < -0.4 is 10.6 Å². The van der Waals surface area contributed by atoms with E-state index in [-0.39, 0.29) is 78.1 Å². The number of rotatable bonds is 18. The summed E-state index contributed by atoms with van der Waals surface area (Å²) in [7, 11) is 1.73. The highest BCUT2D eigenvalue weighted by Gasteiger charge is 2.72. The number of fused-ring (bicyclic) bond motifs is 3. The molecule has 2 N–H and O–H groups in total. The predicted molar refractivity (Wildman–Crippen MR) is 197 cm³/mol. The molecule has 0 aromatic rings. The van der Waals surface area contributed by atoms with Gasteiger partial charge < -0.3 is 34.3 Å². The molecule has 2 saturated heterocycles. The van der Waals surface area contributed by atoms with Gasteiger partial charge in [-0.25, -0.2) is 4.79 Å². The highest BCUT2D eigenvalue weighted by atomic mass is 16.6. The van der Waals surface area contributed by atoms with Crippen molar-refractivity contribution in [2.45, 2.75) is 161 Å². The zero-order valence-electron chi connectivity index (χ0n) is 33.4. The molecule has 6 aliphatic rings. The van der Waals surface area contributed by atoms with Gasteiger partial charge in [0.2, 0.25) is 11.8 Å². The summed E-state index contributed by atoms with van der Waals surface area (Å²) < 4.78 is 29.1. The molecule has 0 aromatic heterocycles. The number of carbonyl (C=O) groups is 5. The van der Waals surface area contributed by atoms with Gasteiger partial charge in [0.15, 0.2) is 5.78 Å². The molecule has 0 radical (unpaired) electrons. The van der Waals surface area contributed by atoms with Crippen LogP contribution in [0, 0.1) is 22.2 Å². The molecule has 6 rings (SSSR count). The fraction of sp³-hybridized carbons (Fsp3) is 0.829. The highest BCUT2D eigenvalue weighted by Crippen LogP contribution is 2.60. The van der Waals surface area contributed by atoms with Crippen LogP contribution in [0.4, 0.5) is 0 Å². The molecule has 4 saturated carbocycles. The number of nitrogens with one attached hydrogen (secondary N) is 2. The molecule has 298 valence electrons. The molecule has 12 nitrogen and oxygen atoms in total. The quantitative estimate of drug-likeness (QED) is 0.0852. The van der Waals surface area contributed by atoms with Crippen LogP contribution in [0.2, 0.25) is 0 Å². The Kier molecular flexibility index (Phi) is 12.7. The van der Waals surface area contributed by atoms with Crippen molar-refractivity contribution in [2.75, 3.05) is 33.5 Å². The first-order valence-electron chi connectivity index (χ1n) is 19.8. The highest BCUT2D eigenvalue weighted by molar-refractivity contribution is 5.88. The lowest BCUT2D eigenvalue weighted by Crippen LogP contribution is -2.62. The number of esters is 1. The Balaban J connectivity index is 1.02. The zero-order chi connectivity index (χ0) is 38.8. The Hall–Kier alpha value is -2.67. The minimum atomic E-state index is -0.865. The molecule has 4 aliphatic carbocycles. The summed E-state index contributed by atoms with van der Waals surface area (Å²) in [5.41, 5.74) is -0.719. The van der Waals surface area contributed by atoms with Crippen molar-refractivity contribution in [3.8, 4) is 0 Å². The summed E-state index contributed by atoms with van der Waals surface area (Å²) in [6.07, 6.45) is 10.5. The summed E-state index contributed by atoms with van der Waals surface area (Å²) in [6, 6.07) is -0.990. The van der Waals surface area contributed by atoms with Crippen molar-refractivity contribution in [1.29, 1.82) is 0 Å². The van der Waals surface area contributed by atoms with E-state index in [2.05, 4.69) is 37.5 Å². The third kappa shape index (κ3) is 9.24. The SMILES string of the molecule is CO[C@@H]1[C@H](NC(=O)C23CCC(C(=O)CCCCOC(=O)[C@H](C)NC(=O)COCC(=O)C(C)(C)C)(CC2)CC3)CC[C@]2(CO2)[C@H]1[C@]1(C)O[C@@H]1CC=C(C)C. The van der Waals surface area contributed by atoms with Crippen LogP contribution >= 0.6 is 0 Å². The summed E-state index contributed by atoms with van der Waals surface area (Å²) in [5.74, 6) is -0.822. The molecule has 7 atom stereocenters. The summed E-state index contributed by atoms with van der Waals surface area (Å²) >= 11 is 0. The van der Waals surface area contributed by atoms with Crippen LogP contribution in [0.25, 0.3) is 0 Å². The Morgan fingerprint density at radius 2 is 1.58 bits per heavy atom. The normalized spacial score (nSPS) is 34.9. The van der Waals surface area contributed by atoms with Gasteiger partial charge in [0.05, 0.1) is 37.1 Å². The Bertz CT molecular complexity index is 1400. The summed E-state index contributed by atoms with van der Waals surface area (Å²) in [6.45, 7) is 13.6. The number of hydrogen-bond donors (Lipinski definition) is 2. The Morgan fingerprint density at radius 3 is 2.17 bits per heavy atom. The van der Waals surface area contributed by atoms with Crippen LogP contribution in [-0.2, 0) is 47.7 Å². The lowest BCUT2D eigenvalue weighted by atomic mass is 9.52. The van der Waals surface area contributed by atoms with E-state index >= 15 is 0 Å². The Morgan fingerprint density at radius 1 is 0.943 bits per heavy atom. The standard InChI is InChI=1S/C41H64N2O10/c1-26(2)12-13-31-38(7,53-31)34-33(49-8)28(14-15-41(34)25-52-41)43-36(48)40-19-16-39(17-20-40,18-21-40)29(44)11-9-10-22-51-35(47)27(3)42-32(46)24-50-23-30(45)37(4,5)6/h12,27-28,31,33-34H,9-11,13-25H2,1-8H3,(H,42,46)(H,43,48)/t27-,28+,31+,33+,34+,38+,39?,40?,41-/m0/s1. The molecule has 2 aliphatic heterocycles. The molecule has 0 aromatic carbocycles. The van der Waals surface area contributed by atoms with E-state index in [1.807, 2.05) is 0 Å². The van der Waals surface area contributed by atoms with Crippen LogP contribution in [0.15, 0.2) is 11.6 Å². The van der Waals surface area contributed by atoms with Gasteiger partial charge in [0.1, 0.15) is 30.6 Å². The molecule has 1 spiro atoms. The number of hydrogen-bond acceptors (Lipinski definition) is 10. The van der Waals surface area contributed by atoms with Gasteiger partial charge in [-0.1, -0.05) is 32.4 Å². The number of amides is 2. The smallest absolute Gasteiger partial charge is 0.328 e. The van der Waals surface area contributed by atoms with E-state index in [1.54, 1.807) is 27.9 Å². The van der Waals surface area contributed by atoms with E-state index in [1.165, 1.54) is 12.5 Å². The number of Topliss-reactive ketones (excluding diaryl/α,β-unsaturated/α-hetero) is 2. The molecule has 2 heterocycles. The minimum absolute atomic E-state index is 0.0327. The second kappa shape index (κ2) is 16.2. The van der Waals surface area contributed by atoms with Gasteiger partial charge in [0, 0.05) is 35.7 Å². The van der Waals surface area contributed by atoms with Crippen LogP contribution in [-0.4, -0.2) is 98.4 Å². The monoisotopic (exact) mass is 744 g/mol. The van der Waals surface area contributed by atoms with Crippen LogP contribution in [0.1, 0.15) is 126 Å².